The normalized spacial score (nSPS) is 12.0. The van der Waals surface area contributed by atoms with E-state index in [9.17, 15) is 4.79 Å². The van der Waals surface area contributed by atoms with Crippen molar-refractivity contribution in [3.8, 4) is 0 Å². The maximum Gasteiger partial charge on any atom is 0.275 e. The number of quaternary nitrogens is 1. The van der Waals surface area contributed by atoms with E-state index in [-0.39, 0.29) is 11.9 Å². The van der Waals surface area contributed by atoms with Crippen LogP contribution in [0.1, 0.15) is 24.1 Å². The largest absolute Gasteiger partial charge is 0.347 e. The minimum Gasteiger partial charge on any atom is -0.347 e. The molecule has 0 saturated carbocycles. The van der Waals surface area contributed by atoms with Crippen molar-refractivity contribution in [2.24, 2.45) is 0 Å². The first-order valence-electron chi connectivity index (χ1n) is 8.35. The van der Waals surface area contributed by atoms with Gasteiger partial charge in [0.1, 0.15) is 6.04 Å². The third kappa shape index (κ3) is 4.00. The topological polar surface area (TPSA) is 45.7 Å². The molecule has 0 spiro atoms. The Hall–Kier alpha value is -2.65. The van der Waals surface area contributed by atoms with Gasteiger partial charge in [0.05, 0.1) is 0 Å². The lowest BCUT2D eigenvalue weighted by Gasteiger charge is -2.13. The summed E-state index contributed by atoms with van der Waals surface area (Å²) in [6, 6.07) is 24.9. The fourth-order valence-corrected chi connectivity index (χ4v) is 2.93. The van der Waals surface area contributed by atoms with Crippen LogP contribution in [0.4, 0.5) is 0 Å². The van der Waals surface area contributed by atoms with Gasteiger partial charge in [0, 0.05) is 12.1 Å². The van der Waals surface area contributed by atoms with Crippen LogP contribution in [0.5, 0.6) is 0 Å². The molecule has 0 heterocycles. The van der Waals surface area contributed by atoms with Gasteiger partial charge in [0.25, 0.3) is 5.91 Å². The molecule has 3 aromatic carbocycles. The van der Waals surface area contributed by atoms with Crippen LogP contribution < -0.4 is 10.6 Å². The van der Waals surface area contributed by atoms with E-state index in [0.29, 0.717) is 13.1 Å². The summed E-state index contributed by atoms with van der Waals surface area (Å²) in [4.78, 5) is 12.1. The Morgan fingerprint density at radius 1 is 0.958 bits per heavy atom. The molecular formula is C21H23N2O+. The van der Waals surface area contributed by atoms with E-state index < -0.39 is 0 Å². The van der Waals surface area contributed by atoms with E-state index >= 15 is 0 Å². The number of benzene rings is 3. The molecule has 3 N–H and O–H groups in total. The van der Waals surface area contributed by atoms with Crippen molar-refractivity contribution in [2.75, 3.05) is 6.54 Å². The summed E-state index contributed by atoms with van der Waals surface area (Å²) in [7, 11) is 0. The number of nitrogens with one attached hydrogen (secondary N) is 1. The maximum atomic E-state index is 12.1. The van der Waals surface area contributed by atoms with Crippen LogP contribution in [0.25, 0.3) is 10.8 Å². The summed E-state index contributed by atoms with van der Waals surface area (Å²) in [5.74, 6) is 0.0611. The van der Waals surface area contributed by atoms with Gasteiger partial charge in [-0.25, -0.2) is 0 Å². The van der Waals surface area contributed by atoms with Gasteiger partial charge >= 0.3 is 0 Å². The molecule has 0 aliphatic carbocycles. The summed E-state index contributed by atoms with van der Waals surface area (Å²) >= 11 is 0. The Labute approximate surface area is 142 Å². The Morgan fingerprint density at radius 3 is 2.50 bits per heavy atom. The first-order valence-corrected chi connectivity index (χ1v) is 8.35. The highest BCUT2D eigenvalue weighted by molar-refractivity contribution is 5.85. The molecule has 0 aromatic heterocycles. The van der Waals surface area contributed by atoms with Gasteiger partial charge in [0.2, 0.25) is 0 Å². The quantitative estimate of drug-likeness (QED) is 0.721. The summed E-state index contributed by atoms with van der Waals surface area (Å²) in [5, 5.41) is 7.56. The third-order valence-corrected chi connectivity index (χ3v) is 4.30. The van der Waals surface area contributed by atoms with Crippen molar-refractivity contribution in [3.63, 3.8) is 0 Å². The molecule has 0 fully saturated rings. The van der Waals surface area contributed by atoms with Gasteiger partial charge in [-0.2, -0.15) is 0 Å². The van der Waals surface area contributed by atoms with E-state index in [1.165, 1.54) is 16.3 Å². The van der Waals surface area contributed by atoms with Gasteiger partial charge < -0.3 is 10.6 Å². The summed E-state index contributed by atoms with van der Waals surface area (Å²) in [5.41, 5.74) is 2.39. The summed E-state index contributed by atoms with van der Waals surface area (Å²) < 4.78 is 0. The lowest BCUT2D eigenvalue weighted by molar-refractivity contribution is -0.682. The molecule has 122 valence electrons. The Kier molecular flexibility index (Phi) is 5.24. The van der Waals surface area contributed by atoms with E-state index in [4.69, 9.17) is 0 Å². The van der Waals surface area contributed by atoms with E-state index in [1.807, 2.05) is 30.3 Å². The zero-order chi connectivity index (χ0) is 16.8. The fourth-order valence-electron chi connectivity index (χ4n) is 2.93. The van der Waals surface area contributed by atoms with Crippen LogP contribution >= 0.6 is 0 Å². The molecule has 1 atom stereocenters. The molecular weight excluding hydrogens is 296 g/mol. The van der Waals surface area contributed by atoms with Gasteiger partial charge in [0.15, 0.2) is 6.54 Å². The van der Waals surface area contributed by atoms with Gasteiger partial charge in [-0.1, -0.05) is 72.8 Å². The van der Waals surface area contributed by atoms with Gasteiger partial charge in [-0.3, -0.25) is 4.79 Å². The Balaban J connectivity index is 1.56. The Morgan fingerprint density at radius 2 is 1.67 bits per heavy atom. The SMILES string of the molecule is C[C@@H]([NH2+]CC(=O)NCc1ccccc1)c1cccc2ccccc12. The van der Waals surface area contributed by atoms with Gasteiger partial charge in [-0.05, 0) is 23.3 Å². The van der Waals surface area contributed by atoms with Crippen LogP contribution in [0.3, 0.4) is 0 Å². The second kappa shape index (κ2) is 7.75. The second-order valence-electron chi connectivity index (χ2n) is 6.06. The monoisotopic (exact) mass is 319 g/mol. The lowest BCUT2D eigenvalue weighted by Crippen LogP contribution is -2.87. The lowest BCUT2D eigenvalue weighted by atomic mass is 10.00. The van der Waals surface area contributed by atoms with Crippen molar-refractivity contribution < 1.29 is 10.1 Å². The number of carbonyl (C=O) groups is 1. The van der Waals surface area contributed by atoms with E-state index in [2.05, 4.69) is 60.0 Å². The number of amides is 1. The van der Waals surface area contributed by atoms with Crippen LogP contribution in [0, 0.1) is 0 Å². The highest BCUT2D eigenvalue weighted by atomic mass is 16.1. The van der Waals surface area contributed by atoms with Crippen molar-refractivity contribution >= 4 is 16.7 Å². The zero-order valence-corrected chi connectivity index (χ0v) is 13.9. The fraction of sp³-hybridized carbons (Fsp3) is 0.190. The number of rotatable bonds is 6. The van der Waals surface area contributed by atoms with Gasteiger partial charge in [-0.15, -0.1) is 0 Å². The molecule has 3 heteroatoms. The molecule has 0 bridgehead atoms. The molecule has 0 unspecified atom stereocenters. The number of hydrogen-bond acceptors (Lipinski definition) is 1. The number of fused-ring (bicyclic) bond motifs is 1. The van der Waals surface area contributed by atoms with Crippen molar-refractivity contribution in [3.05, 3.63) is 83.9 Å². The highest BCUT2D eigenvalue weighted by Gasteiger charge is 2.13. The Bertz CT molecular complexity index is 809. The number of hydrogen-bond donors (Lipinski definition) is 2. The first-order chi connectivity index (χ1) is 11.7. The van der Waals surface area contributed by atoms with E-state index in [0.717, 1.165) is 5.56 Å². The summed E-state index contributed by atoms with van der Waals surface area (Å²) in [6.45, 7) is 3.15. The molecule has 1 amide bonds. The average Bonchev–Trinajstić information content (AvgIpc) is 2.64. The standard InChI is InChI=1S/C21H22N2O/c1-16(19-13-7-11-18-10-5-6-12-20(18)19)22-15-21(24)23-14-17-8-3-2-4-9-17/h2-13,16,22H,14-15H2,1H3,(H,23,24)/p+1/t16-/m1/s1. The predicted octanol–water partition coefficient (Wildman–Crippen LogP) is 2.78. The van der Waals surface area contributed by atoms with Crippen molar-refractivity contribution in [1.82, 2.24) is 5.32 Å². The third-order valence-electron chi connectivity index (χ3n) is 4.30. The first kappa shape index (κ1) is 16.2. The minimum absolute atomic E-state index is 0.0611. The molecule has 24 heavy (non-hydrogen) atoms. The zero-order valence-electron chi connectivity index (χ0n) is 13.9. The average molecular weight is 319 g/mol. The minimum atomic E-state index is 0.0611. The molecule has 3 aromatic rings. The van der Waals surface area contributed by atoms with Crippen LogP contribution in [0.15, 0.2) is 72.8 Å². The molecule has 0 saturated heterocycles. The summed E-state index contributed by atoms with van der Waals surface area (Å²) in [6.07, 6.45) is 0. The van der Waals surface area contributed by atoms with Crippen LogP contribution in [-0.2, 0) is 11.3 Å². The molecule has 3 rings (SSSR count). The molecule has 0 radical (unpaired) electrons. The predicted molar refractivity (Wildman–Crippen MR) is 97.4 cm³/mol. The highest BCUT2D eigenvalue weighted by Crippen LogP contribution is 2.21. The van der Waals surface area contributed by atoms with Crippen molar-refractivity contribution in [2.45, 2.75) is 19.5 Å². The molecule has 0 aliphatic rings. The molecule has 0 aliphatic heterocycles. The maximum absolute atomic E-state index is 12.1. The van der Waals surface area contributed by atoms with Crippen molar-refractivity contribution in [1.29, 1.82) is 0 Å². The number of carbonyl (C=O) groups excluding carboxylic acids is 1. The van der Waals surface area contributed by atoms with Crippen LogP contribution in [0.2, 0.25) is 0 Å². The second-order valence-corrected chi connectivity index (χ2v) is 6.06. The van der Waals surface area contributed by atoms with Crippen LogP contribution in [-0.4, -0.2) is 12.5 Å². The smallest absolute Gasteiger partial charge is 0.275 e. The molecule has 3 nitrogen and oxygen atoms in total. The van der Waals surface area contributed by atoms with E-state index in [1.54, 1.807) is 0 Å². The number of nitrogens with two attached hydrogens (primary N) is 1.